The Hall–Kier alpha value is -0.590. The van der Waals surface area contributed by atoms with E-state index in [0.717, 1.165) is 12.8 Å². The first kappa shape index (κ1) is 10.9. The van der Waals surface area contributed by atoms with Gasteiger partial charge in [0.05, 0.1) is 0 Å². The fourth-order valence-corrected chi connectivity index (χ4v) is 3.45. The van der Waals surface area contributed by atoms with Crippen molar-refractivity contribution in [1.82, 2.24) is 0 Å². The maximum absolute atomic E-state index is 11.5. The van der Waals surface area contributed by atoms with Gasteiger partial charge in [0.15, 0.2) is 0 Å². The SMILES string of the molecule is CC(=O)[C@@H]1CC[C@]2(C)CCCC(C)=C2C1. The number of carbonyl (C=O) groups excluding carboxylic acids is 1. The molecule has 2 rings (SSSR count). The highest BCUT2D eigenvalue weighted by Crippen LogP contribution is 2.50. The van der Waals surface area contributed by atoms with Gasteiger partial charge in [0, 0.05) is 5.92 Å². The lowest BCUT2D eigenvalue weighted by molar-refractivity contribution is -0.121. The van der Waals surface area contributed by atoms with Gasteiger partial charge < -0.3 is 0 Å². The van der Waals surface area contributed by atoms with Gasteiger partial charge in [-0.05, 0) is 57.8 Å². The summed E-state index contributed by atoms with van der Waals surface area (Å²) in [4.78, 5) is 11.5. The van der Waals surface area contributed by atoms with Gasteiger partial charge in [-0.25, -0.2) is 0 Å². The quantitative estimate of drug-likeness (QED) is 0.595. The van der Waals surface area contributed by atoms with Crippen LogP contribution in [-0.4, -0.2) is 5.78 Å². The van der Waals surface area contributed by atoms with Crippen LogP contribution in [0.1, 0.15) is 59.3 Å². The minimum atomic E-state index is 0.320. The molecule has 2 aliphatic carbocycles. The molecule has 0 bridgehead atoms. The molecule has 0 N–H and O–H groups in total. The number of allylic oxidation sites excluding steroid dienone is 2. The van der Waals surface area contributed by atoms with E-state index < -0.39 is 0 Å². The summed E-state index contributed by atoms with van der Waals surface area (Å²) in [6.45, 7) is 6.43. The molecule has 2 atom stereocenters. The van der Waals surface area contributed by atoms with Gasteiger partial charge in [-0.3, -0.25) is 4.79 Å². The van der Waals surface area contributed by atoms with Crippen molar-refractivity contribution < 1.29 is 4.79 Å². The molecule has 1 fully saturated rings. The summed E-state index contributed by atoms with van der Waals surface area (Å²) >= 11 is 0. The molecule has 1 nitrogen and oxygen atoms in total. The van der Waals surface area contributed by atoms with E-state index in [-0.39, 0.29) is 0 Å². The number of ketones is 1. The molecule has 0 radical (unpaired) electrons. The largest absolute Gasteiger partial charge is 0.300 e. The van der Waals surface area contributed by atoms with Crippen LogP contribution in [0.15, 0.2) is 11.1 Å². The van der Waals surface area contributed by atoms with Crippen LogP contribution in [0.3, 0.4) is 0 Å². The van der Waals surface area contributed by atoms with E-state index in [4.69, 9.17) is 0 Å². The fraction of sp³-hybridized carbons (Fsp3) is 0.786. The Morgan fingerprint density at radius 2 is 2.13 bits per heavy atom. The van der Waals surface area contributed by atoms with E-state index >= 15 is 0 Å². The summed E-state index contributed by atoms with van der Waals surface area (Å²) in [7, 11) is 0. The molecular formula is C14H22O. The first-order valence-electron chi connectivity index (χ1n) is 6.22. The molecule has 0 aliphatic heterocycles. The molecule has 2 aliphatic rings. The number of hydrogen-bond acceptors (Lipinski definition) is 1. The Bertz CT molecular complexity index is 313. The Morgan fingerprint density at radius 1 is 1.40 bits per heavy atom. The first-order valence-corrected chi connectivity index (χ1v) is 6.22. The topological polar surface area (TPSA) is 17.1 Å². The maximum Gasteiger partial charge on any atom is 0.133 e. The van der Waals surface area contributed by atoms with Gasteiger partial charge >= 0.3 is 0 Å². The van der Waals surface area contributed by atoms with E-state index in [9.17, 15) is 4.79 Å². The summed E-state index contributed by atoms with van der Waals surface area (Å²) in [6.07, 6.45) is 7.33. The van der Waals surface area contributed by atoms with Crippen LogP contribution in [0, 0.1) is 11.3 Å². The van der Waals surface area contributed by atoms with Crippen LogP contribution < -0.4 is 0 Å². The summed E-state index contributed by atoms with van der Waals surface area (Å²) in [5.74, 6) is 0.712. The number of hydrogen-bond donors (Lipinski definition) is 0. The van der Waals surface area contributed by atoms with Crippen molar-refractivity contribution in [2.45, 2.75) is 59.3 Å². The molecule has 0 spiro atoms. The lowest BCUT2D eigenvalue weighted by Crippen LogP contribution is -2.32. The van der Waals surface area contributed by atoms with Crippen molar-refractivity contribution in [3.8, 4) is 0 Å². The van der Waals surface area contributed by atoms with Gasteiger partial charge in [0.1, 0.15) is 5.78 Å². The fourth-order valence-electron chi connectivity index (χ4n) is 3.45. The standard InChI is InChI=1S/C14H22O/c1-10-5-4-7-14(3)8-6-12(11(2)15)9-13(10)14/h12H,4-9H2,1-3H3/t12-,14+/m1/s1. The third kappa shape index (κ3) is 1.89. The average molecular weight is 206 g/mol. The smallest absolute Gasteiger partial charge is 0.133 e. The highest BCUT2D eigenvalue weighted by Gasteiger charge is 2.38. The van der Waals surface area contributed by atoms with Crippen LogP contribution in [0.25, 0.3) is 0 Å². The van der Waals surface area contributed by atoms with Crippen molar-refractivity contribution in [2.75, 3.05) is 0 Å². The molecule has 0 heterocycles. The number of rotatable bonds is 1. The Balaban J connectivity index is 2.26. The minimum Gasteiger partial charge on any atom is -0.300 e. The lowest BCUT2D eigenvalue weighted by atomic mass is 9.61. The van der Waals surface area contributed by atoms with E-state index in [2.05, 4.69) is 13.8 Å². The second-order valence-corrected chi connectivity index (χ2v) is 5.72. The molecule has 0 aromatic heterocycles. The zero-order valence-corrected chi connectivity index (χ0v) is 10.2. The lowest BCUT2D eigenvalue weighted by Gasteiger charge is -2.43. The van der Waals surface area contributed by atoms with Crippen molar-refractivity contribution in [1.29, 1.82) is 0 Å². The molecule has 84 valence electrons. The summed E-state index contributed by atoms with van der Waals surface area (Å²) in [5.41, 5.74) is 3.64. The van der Waals surface area contributed by atoms with Crippen LogP contribution >= 0.6 is 0 Å². The maximum atomic E-state index is 11.5. The third-order valence-electron chi connectivity index (χ3n) is 4.59. The van der Waals surface area contributed by atoms with E-state index in [1.807, 2.05) is 0 Å². The van der Waals surface area contributed by atoms with E-state index in [1.165, 1.54) is 25.7 Å². The Kier molecular flexibility index (Phi) is 2.74. The molecule has 1 heteroatoms. The second-order valence-electron chi connectivity index (χ2n) is 5.72. The molecule has 0 unspecified atom stereocenters. The number of Topliss-reactive ketones (excluding diaryl/α,β-unsaturated/α-hetero) is 1. The van der Waals surface area contributed by atoms with Gasteiger partial charge in [-0.1, -0.05) is 18.1 Å². The molecular weight excluding hydrogens is 184 g/mol. The van der Waals surface area contributed by atoms with Crippen LogP contribution in [0.5, 0.6) is 0 Å². The van der Waals surface area contributed by atoms with Crippen molar-refractivity contribution in [3.63, 3.8) is 0 Å². The summed E-state index contributed by atoms with van der Waals surface area (Å²) in [6, 6.07) is 0. The Morgan fingerprint density at radius 3 is 2.80 bits per heavy atom. The molecule has 0 amide bonds. The zero-order chi connectivity index (χ0) is 11.1. The predicted molar refractivity (Wildman–Crippen MR) is 62.7 cm³/mol. The van der Waals surface area contributed by atoms with Gasteiger partial charge in [-0.2, -0.15) is 0 Å². The van der Waals surface area contributed by atoms with Crippen LogP contribution in [0.2, 0.25) is 0 Å². The molecule has 0 aromatic carbocycles. The third-order valence-corrected chi connectivity index (χ3v) is 4.59. The second kappa shape index (κ2) is 3.77. The summed E-state index contributed by atoms with van der Waals surface area (Å²) < 4.78 is 0. The molecule has 0 aromatic rings. The van der Waals surface area contributed by atoms with E-state index in [0.29, 0.717) is 17.1 Å². The molecule has 0 saturated heterocycles. The number of fused-ring (bicyclic) bond motifs is 1. The monoisotopic (exact) mass is 206 g/mol. The van der Waals surface area contributed by atoms with Crippen LogP contribution in [0.4, 0.5) is 0 Å². The summed E-state index contributed by atoms with van der Waals surface area (Å²) in [5, 5.41) is 0. The highest BCUT2D eigenvalue weighted by atomic mass is 16.1. The van der Waals surface area contributed by atoms with Gasteiger partial charge in [0.25, 0.3) is 0 Å². The van der Waals surface area contributed by atoms with Crippen LogP contribution in [-0.2, 0) is 4.79 Å². The van der Waals surface area contributed by atoms with Gasteiger partial charge in [0.2, 0.25) is 0 Å². The Labute approximate surface area is 92.9 Å². The highest BCUT2D eigenvalue weighted by molar-refractivity contribution is 5.78. The van der Waals surface area contributed by atoms with E-state index in [1.54, 1.807) is 18.1 Å². The normalized spacial score (nSPS) is 36.3. The minimum absolute atomic E-state index is 0.320. The van der Waals surface area contributed by atoms with Crippen molar-refractivity contribution in [2.24, 2.45) is 11.3 Å². The molecule has 1 saturated carbocycles. The van der Waals surface area contributed by atoms with Gasteiger partial charge in [-0.15, -0.1) is 0 Å². The number of carbonyl (C=O) groups is 1. The van der Waals surface area contributed by atoms with Crippen molar-refractivity contribution >= 4 is 5.78 Å². The zero-order valence-electron chi connectivity index (χ0n) is 10.2. The predicted octanol–water partition coefficient (Wildman–Crippen LogP) is 3.88. The van der Waals surface area contributed by atoms with Crippen molar-refractivity contribution in [3.05, 3.63) is 11.1 Å². The first-order chi connectivity index (χ1) is 7.03. The molecule has 15 heavy (non-hydrogen) atoms. The average Bonchev–Trinajstić information content (AvgIpc) is 2.17.